The Morgan fingerprint density at radius 3 is 2.00 bits per heavy atom. The van der Waals surface area contributed by atoms with Gasteiger partial charge in [-0.3, -0.25) is 4.79 Å². The number of hydrogen-bond donors (Lipinski definition) is 0. The molecule has 22 heavy (non-hydrogen) atoms. The first kappa shape index (κ1) is 15.7. The van der Waals surface area contributed by atoms with Crippen molar-refractivity contribution >= 4 is 15.6 Å². The van der Waals surface area contributed by atoms with E-state index in [2.05, 4.69) is 0 Å². The largest absolute Gasteiger partial charge is 0.294 e. The van der Waals surface area contributed by atoms with Gasteiger partial charge in [-0.1, -0.05) is 24.1 Å². The van der Waals surface area contributed by atoms with Crippen LogP contribution in [0.25, 0.3) is 0 Å². The van der Waals surface area contributed by atoms with Crippen molar-refractivity contribution in [3.05, 3.63) is 34.4 Å². The van der Waals surface area contributed by atoms with Crippen molar-refractivity contribution in [2.24, 2.45) is 5.92 Å². The van der Waals surface area contributed by atoms with E-state index >= 15 is 0 Å². The summed E-state index contributed by atoms with van der Waals surface area (Å²) < 4.78 is 24.7. The van der Waals surface area contributed by atoms with Crippen LogP contribution in [-0.2, 0) is 9.84 Å². The molecular formula is C18H24O3S. The van der Waals surface area contributed by atoms with Crippen LogP contribution in [0.15, 0.2) is 12.1 Å². The lowest BCUT2D eigenvalue weighted by Crippen LogP contribution is -2.45. The maximum absolute atomic E-state index is 13.0. The smallest absolute Gasteiger partial charge is 0.166 e. The highest BCUT2D eigenvalue weighted by atomic mass is 32.2. The Morgan fingerprint density at radius 2 is 1.50 bits per heavy atom. The van der Waals surface area contributed by atoms with Crippen LogP contribution >= 0.6 is 0 Å². The van der Waals surface area contributed by atoms with E-state index in [4.69, 9.17) is 0 Å². The molecule has 2 saturated heterocycles. The summed E-state index contributed by atoms with van der Waals surface area (Å²) in [6.45, 7) is 5.99. The number of benzene rings is 1. The normalized spacial score (nSPS) is 30.0. The molecular weight excluding hydrogens is 296 g/mol. The van der Waals surface area contributed by atoms with E-state index in [1.165, 1.54) is 0 Å². The minimum atomic E-state index is -2.99. The van der Waals surface area contributed by atoms with Crippen molar-refractivity contribution in [2.75, 3.05) is 0 Å². The fourth-order valence-corrected chi connectivity index (χ4v) is 6.93. The van der Waals surface area contributed by atoms with Crippen molar-refractivity contribution in [2.45, 2.75) is 63.4 Å². The topological polar surface area (TPSA) is 51.2 Å². The first-order valence-corrected chi connectivity index (χ1v) is 9.76. The highest BCUT2D eigenvalue weighted by molar-refractivity contribution is 7.92. The molecule has 0 amide bonds. The standard InChI is InChI=1S/C18H24O3S/c1-11-7-12(2)17(13(3)8-11)18(19)14-9-15-5-4-6-16(10-14)22(15,20)21/h7-8,14-16H,4-6,9-10H2,1-3H3. The minimum absolute atomic E-state index is 0.126. The van der Waals surface area contributed by atoms with Gasteiger partial charge in [0.25, 0.3) is 0 Å². The van der Waals surface area contributed by atoms with E-state index in [-0.39, 0.29) is 22.2 Å². The van der Waals surface area contributed by atoms with Crippen LogP contribution in [-0.4, -0.2) is 24.7 Å². The Hall–Kier alpha value is -1.16. The third-order valence-electron chi connectivity index (χ3n) is 5.37. The van der Waals surface area contributed by atoms with Crippen molar-refractivity contribution in [1.29, 1.82) is 0 Å². The highest BCUT2D eigenvalue weighted by Gasteiger charge is 2.46. The van der Waals surface area contributed by atoms with Crippen LogP contribution in [0.4, 0.5) is 0 Å². The molecule has 2 heterocycles. The Balaban J connectivity index is 1.92. The zero-order valence-electron chi connectivity index (χ0n) is 13.6. The van der Waals surface area contributed by atoms with Gasteiger partial charge in [0.2, 0.25) is 0 Å². The summed E-state index contributed by atoms with van der Waals surface area (Å²) in [6.07, 6.45) is 3.48. The van der Waals surface area contributed by atoms with E-state index < -0.39 is 9.84 Å². The van der Waals surface area contributed by atoms with Crippen LogP contribution in [0.5, 0.6) is 0 Å². The molecule has 0 aromatic heterocycles. The Kier molecular flexibility index (Phi) is 3.92. The number of carbonyl (C=O) groups is 1. The van der Waals surface area contributed by atoms with Crippen molar-refractivity contribution in [3.63, 3.8) is 0 Å². The van der Waals surface area contributed by atoms with Gasteiger partial charge in [-0.25, -0.2) is 8.42 Å². The molecule has 2 fully saturated rings. The summed E-state index contributed by atoms with van der Waals surface area (Å²) in [5.74, 6) is 0.0285. The summed E-state index contributed by atoms with van der Waals surface area (Å²) in [7, 11) is -2.99. The summed E-state index contributed by atoms with van der Waals surface area (Å²) in [4.78, 5) is 13.0. The molecule has 120 valence electrons. The molecule has 2 atom stereocenters. The Morgan fingerprint density at radius 1 is 1.00 bits per heavy atom. The Bertz CT molecular complexity index is 675. The number of Topliss-reactive ketones (excluding diaryl/α,β-unsaturated/α-hetero) is 1. The molecule has 0 spiro atoms. The predicted molar refractivity (Wildman–Crippen MR) is 88.1 cm³/mol. The molecule has 2 aliphatic rings. The van der Waals surface area contributed by atoms with Crippen LogP contribution in [0.3, 0.4) is 0 Å². The number of ketones is 1. The second kappa shape index (κ2) is 5.48. The van der Waals surface area contributed by atoms with Crippen molar-refractivity contribution in [1.82, 2.24) is 0 Å². The van der Waals surface area contributed by atoms with Crippen LogP contribution in [0.2, 0.25) is 0 Å². The predicted octanol–water partition coefficient (Wildman–Crippen LogP) is 3.54. The average molecular weight is 320 g/mol. The summed E-state index contributed by atoms with van der Waals surface area (Å²) in [5, 5.41) is -0.583. The van der Waals surface area contributed by atoms with Crippen molar-refractivity contribution < 1.29 is 13.2 Å². The quantitative estimate of drug-likeness (QED) is 0.783. The van der Waals surface area contributed by atoms with Crippen LogP contribution in [0.1, 0.15) is 59.2 Å². The van der Waals surface area contributed by atoms with Crippen molar-refractivity contribution in [3.8, 4) is 0 Å². The van der Waals surface area contributed by atoms with Gasteiger partial charge in [0.1, 0.15) is 0 Å². The lowest BCUT2D eigenvalue weighted by molar-refractivity contribution is 0.0892. The third kappa shape index (κ3) is 2.51. The molecule has 0 radical (unpaired) electrons. The Labute approximate surface area is 133 Å². The van der Waals surface area contributed by atoms with Gasteiger partial charge in [0.05, 0.1) is 10.5 Å². The molecule has 0 aliphatic carbocycles. The summed E-state index contributed by atoms with van der Waals surface area (Å²) in [5.41, 5.74) is 4.00. The van der Waals surface area contributed by atoms with E-state index in [0.29, 0.717) is 12.8 Å². The first-order valence-electron chi connectivity index (χ1n) is 8.15. The van der Waals surface area contributed by atoms with Crippen LogP contribution < -0.4 is 0 Å². The van der Waals surface area contributed by atoms with Gasteiger partial charge >= 0.3 is 0 Å². The number of fused-ring (bicyclic) bond motifs is 2. The lowest BCUT2D eigenvalue weighted by atomic mass is 9.82. The molecule has 3 rings (SSSR count). The summed E-state index contributed by atoms with van der Waals surface area (Å²) in [6, 6.07) is 4.08. The zero-order valence-corrected chi connectivity index (χ0v) is 14.4. The number of carbonyl (C=O) groups excluding carboxylic acids is 1. The van der Waals surface area contributed by atoms with Gasteiger partial charge in [0, 0.05) is 11.5 Å². The molecule has 4 heteroatoms. The number of aryl methyl sites for hydroxylation is 3. The lowest BCUT2D eigenvalue weighted by Gasteiger charge is -2.38. The molecule has 2 bridgehead atoms. The fraction of sp³-hybridized carbons (Fsp3) is 0.611. The fourth-order valence-electron chi connectivity index (χ4n) is 4.40. The van der Waals surface area contributed by atoms with Gasteiger partial charge in [-0.2, -0.15) is 0 Å². The monoisotopic (exact) mass is 320 g/mol. The second-order valence-corrected chi connectivity index (χ2v) is 9.58. The molecule has 2 unspecified atom stereocenters. The van der Waals surface area contributed by atoms with E-state index in [9.17, 15) is 13.2 Å². The van der Waals surface area contributed by atoms with Gasteiger partial charge < -0.3 is 0 Å². The molecule has 1 aromatic carbocycles. The molecule has 2 aliphatic heterocycles. The second-order valence-electron chi connectivity index (χ2n) is 7.07. The van der Waals surface area contributed by atoms with Gasteiger partial charge in [0.15, 0.2) is 15.6 Å². The minimum Gasteiger partial charge on any atom is -0.294 e. The number of rotatable bonds is 2. The zero-order chi connectivity index (χ0) is 16.1. The van der Waals surface area contributed by atoms with Crippen LogP contribution in [0, 0.1) is 26.7 Å². The first-order chi connectivity index (χ1) is 10.3. The molecule has 0 N–H and O–H groups in total. The van der Waals surface area contributed by atoms with E-state index in [1.54, 1.807) is 0 Å². The van der Waals surface area contributed by atoms with E-state index in [0.717, 1.165) is 41.5 Å². The van der Waals surface area contributed by atoms with Gasteiger partial charge in [-0.15, -0.1) is 0 Å². The molecule has 1 aromatic rings. The maximum Gasteiger partial charge on any atom is 0.166 e. The van der Waals surface area contributed by atoms with Gasteiger partial charge in [-0.05, 0) is 57.6 Å². The number of sulfone groups is 1. The van der Waals surface area contributed by atoms with E-state index in [1.807, 2.05) is 32.9 Å². The average Bonchev–Trinajstić information content (AvgIpc) is 2.35. The summed E-state index contributed by atoms with van der Waals surface area (Å²) >= 11 is 0. The third-order valence-corrected chi connectivity index (χ3v) is 8.09. The molecule has 0 saturated carbocycles. The SMILES string of the molecule is Cc1cc(C)c(C(=O)C2CC3CCCC(C2)S3(=O)=O)c(C)c1. The highest BCUT2D eigenvalue weighted by Crippen LogP contribution is 2.41. The molecule has 3 nitrogen and oxygen atoms in total. The maximum atomic E-state index is 13.0. The number of hydrogen-bond acceptors (Lipinski definition) is 3.